The number of hydrogen-bond donors (Lipinski definition) is 0. The molecular formula is C9H15NO3. The van der Waals surface area contributed by atoms with Gasteiger partial charge in [-0.25, -0.2) is 0 Å². The highest BCUT2D eigenvalue weighted by Crippen LogP contribution is 2.13. The summed E-state index contributed by atoms with van der Waals surface area (Å²) in [6.07, 6.45) is 0. The molecule has 0 N–H and O–H groups in total. The average molecular weight is 185 g/mol. The van der Waals surface area contributed by atoms with Crippen molar-refractivity contribution >= 4 is 11.7 Å². The maximum atomic E-state index is 11.4. The third kappa shape index (κ3) is 2.06. The number of nitrogens with zero attached hydrogens (tertiary/aromatic N) is 1. The summed E-state index contributed by atoms with van der Waals surface area (Å²) in [5.74, 6) is -0.802. The van der Waals surface area contributed by atoms with Gasteiger partial charge in [-0.05, 0) is 13.8 Å². The number of morpholine rings is 1. The Balaban J connectivity index is 2.74. The van der Waals surface area contributed by atoms with Crippen LogP contribution in [0.2, 0.25) is 0 Å². The summed E-state index contributed by atoms with van der Waals surface area (Å²) < 4.78 is 5.25. The Kier molecular flexibility index (Phi) is 3.03. The van der Waals surface area contributed by atoms with E-state index >= 15 is 0 Å². The summed E-state index contributed by atoms with van der Waals surface area (Å²) in [5.41, 5.74) is 0. The van der Waals surface area contributed by atoms with E-state index in [1.807, 2.05) is 13.8 Å². The molecule has 0 aromatic carbocycles. The molecular weight excluding hydrogens is 170 g/mol. The number of rotatable bonds is 1. The Morgan fingerprint density at radius 3 is 2.08 bits per heavy atom. The predicted molar refractivity (Wildman–Crippen MR) is 47.3 cm³/mol. The van der Waals surface area contributed by atoms with Crippen LogP contribution in [0.25, 0.3) is 0 Å². The van der Waals surface area contributed by atoms with E-state index in [0.717, 1.165) is 0 Å². The Bertz CT molecular complexity index is 217. The van der Waals surface area contributed by atoms with E-state index in [1.165, 1.54) is 6.92 Å². The van der Waals surface area contributed by atoms with Gasteiger partial charge in [0.05, 0.1) is 25.3 Å². The van der Waals surface area contributed by atoms with Crippen molar-refractivity contribution in [3.05, 3.63) is 0 Å². The van der Waals surface area contributed by atoms with Gasteiger partial charge in [0, 0.05) is 6.92 Å². The molecule has 2 atom stereocenters. The molecule has 0 aromatic heterocycles. The molecule has 0 aromatic rings. The maximum Gasteiger partial charge on any atom is 0.290 e. The molecule has 1 fully saturated rings. The van der Waals surface area contributed by atoms with Crippen molar-refractivity contribution in [2.24, 2.45) is 0 Å². The third-order valence-electron chi connectivity index (χ3n) is 2.20. The van der Waals surface area contributed by atoms with Gasteiger partial charge in [-0.15, -0.1) is 0 Å². The van der Waals surface area contributed by atoms with E-state index in [9.17, 15) is 9.59 Å². The first kappa shape index (κ1) is 10.2. The monoisotopic (exact) mass is 185 g/mol. The minimum absolute atomic E-state index is 0.000139. The molecule has 1 amide bonds. The summed E-state index contributed by atoms with van der Waals surface area (Å²) >= 11 is 0. The topological polar surface area (TPSA) is 46.6 Å². The van der Waals surface area contributed by atoms with Crippen LogP contribution >= 0.6 is 0 Å². The van der Waals surface area contributed by atoms with Gasteiger partial charge in [-0.3, -0.25) is 9.59 Å². The van der Waals surface area contributed by atoms with Gasteiger partial charge in [0.2, 0.25) is 5.78 Å². The zero-order valence-corrected chi connectivity index (χ0v) is 8.24. The van der Waals surface area contributed by atoms with Gasteiger partial charge in [-0.1, -0.05) is 0 Å². The summed E-state index contributed by atoms with van der Waals surface area (Å²) in [6.45, 7) is 6.11. The third-order valence-corrected chi connectivity index (χ3v) is 2.20. The van der Waals surface area contributed by atoms with E-state index in [-0.39, 0.29) is 12.1 Å². The minimum atomic E-state index is -0.402. The zero-order chi connectivity index (χ0) is 10.0. The van der Waals surface area contributed by atoms with Crippen molar-refractivity contribution in [1.82, 2.24) is 4.90 Å². The van der Waals surface area contributed by atoms with Crippen LogP contribution in [0.4, 0.5) is 0 Å². The number of hydrogen-bond acceptors (Lipinski definition) is 3. The van der Waals surface area contributed by atoms with Gasteiger partial charge in [0.25, 0.3) is 5.91 Å². The lowest BCUT2D eigenvalue weighted by atomic mass is 10.1. The fraction of sp³-hybridized carbons (Fsp3) is 0.778. The first-order valence-electron chi connectivity index (χ1n) is 4.45. The Morgan fingerprint density at radius 1 is 1.23 bits per heavy atom. The lowest BCUT2D eigenvalue weighted by molar-refractivity contribution is -0.152. The highest BCUT2D eigenvalue weighted by Gasteiger charge is 2.31. The van der Waals surface area contributed by atoms with Crippen LogP contribution in [-0.2, 0) is 14.3 Å². The second kappa shape index (κ2) is 3.87. The van der Waals surface area contributed by atoms with Gasteiger partial charge >= 0.3 is 0 Å². The molecule has 0 aliphatic carbocycles. The number of Topliss-reactive ketones (excluding diaryl/α,β-unsaturated/α-hetero) is 1. The van der Waals surface area contributed by atoms with Crippen LogP contribution in [0, 0.1) is 0 Å². The molecule has 0 saturated carbocycles. The number of ketones is 1. The minimum Gasteiger partial charge on any atom is -0.377 e. The number of amides is 1. The molecule has 13 heavy (non-hydrogen) atoms. The molecule has 1 aliphatic heterocycles. The van der Waals surface area contributed by atoms with Crippen LogP contribution in [-0.4, -0.2) is 41.9 Å². The Labute approximate surface area is 77.8 Å². The standard InChI is InChI=1S/C9H15NO3/c1-6-4-13-5-7(2)10(6)9(12)8(3)11/h6-7H,4-5H2,1-3H3. The molecule has 4 nitrogen and oxygen atoms in total. The van der Waals surface area contributed by atoms with Crippen LogP contribution in [0.5, 0.6) is 0 Å². The number of ether oxygens (including phenoxy) is 1. The predicted octanol–water partition coefficient (Wildman–Crippen LogP) is 0.211. The molecule has 1 aliphatic rings. The second-order valence-corrected chi connectivity index (χ2v) is 3.50. The fourth-order valence-corrected chi connectivity index (χ4v) is 1.59. The smallest absolute Gasteiger partial charge is 0.290 e. The van der Waals surface area contributed by atoms with Crippen molar-refractivity contribution in [3.8, 4) is 0 Å². The van der Waals surface area contributed by atoms with E-state index < -0.39 is 11.7 Å². The van der Waals surface area contributed by atoms with Gasteiger partial charge in [0.1, 0.15) is 0 Å². The number of carbonyl (C=O) groups is 2. The van der Waals surface area contributed by atoms with Crippen molar-refractivity contribution in [1.29, 1.82) is 0 Å². The summed E-state index contributed by atoms with van der Waals surface area (Å²) in [6, 6.07) is 0.000278. The molecule has 0 spiro atoms. The summed E-state index contributed by atoms with van der Waals surface area (Å²) in [5, 5.41) is 0. The Hall–Kier alpha value is -0.900. The second-order valence-electron chi connectivity index (χ2n) is 3.50. The molecule has 74 valence electrons. The molecule has 0 radical (unpaired) electrons. The normalized spacial score (nSPS) is 28.7. The fourth-order valence-electron chi connectivity index (χ4n) is 1.59. The number of carbonyl (C=O) groups excluding carboxylic acids is 2. The quantitative estimate of drug-likeness (QED) is 0.549. The molecule has 1 rings (SSSR count). The van der Waals surface area contributed by atoms with Crippen LogP contribution in [0.3, 0.4) is 0 Å². The highest BCUT2D eigenvalue weighted by molar-refractivity contribution is 6.35. The first-order chi connectivity index (χ1) is 6.04. The van der Waals surface area contributed by atoms with Crippen molar-refractivity contribution in [2.45, 2.75) is 32.9 Å². The largest absolute Gasteiger partial charge is 0.377 e. The van der Waals surface area contributed by atoms with Gasteiger partial charge in [-0.2, -0.15) is 0 Å². The van der Waals surface area contributed by atoms with Gasteiger partial charge in [0.15, 0.2) is 0 Å². The van der Waals surface area contributed by atoms with Crippen molar-refractivity contribution in [3.63, 3.8) is 0 Å². The van der Waals surface area contributed by atoms with E-state index in [0.29, 0.717) is 13.2 Å². The Morgan fingerprint density at radius 2 is 1.69 bits per heavy atom. The van der Waals surface area contributed by atoms with Gasteiger partial charge < -0.3 is 9.64 Å². The van der Waals surface area contributed by atoms with E-state index in [2.05, 4.69) is 0 Å². The van der Waals surface area contributed by atoms with Crippen molar-refractivity contribution in [2.75, 3.05) is 13.2 Å². The zero-order valence-electron chi connectivity index (χ0n) is 8.24. The highest BCUT2D eigenvalue weighted by atomic mass is 16.5. The average Bonchev–Trinajstić information content (AvgIpc) is 2.03. The molecule has 4 heteroatoms. The van der Waals surface area contributed by atoms with Crippen molar-refractivity contribution < 1.29 is 14.3 Å². The van der Waals surface area contributed by atoms with Crippen LogP contribution in [0.15, 0.2) is 0 Å². The molecule has 0 bridgehead atoms. The maximum absolute atomic E-state index is 11.4. The van der Waals surface area contributed by atoms with E-state index in [4.69, 9.17) is 4.74 Å². The van der Waals surface area contributed by atoms with Crippen LogP contribution < -0.4 is 0 Å². The molecule has 1 heterocycles. The SMILES string of the molecule is CC(=O)C(=O)N1C(C)COCC1C. The summed E-state index contributed by atoms with van der Waals surface area (Å²) in [7, 11) is 0. The van der Waals surface area contributed by atoms with Crippen LogP contribution in [0.1, 0.15) is 20.8 Å². The summed E-state index contributed by atoms with van der Waals surface area (Å²) in [4.78, 5) is 23.9. The molecule has 2 unspecified atom stereocenters. The first-order valence-corrected chi connectivity index (χ1v) is 4.45. The lowest BCUT2D eigenvalue weighted by Crippen LogP contribution is -2.54. The van der Waals surface area contributed by atoms with E-state index in [1.54, 1.807) is 4.90 Å². The molecule has 1 saturated heterocycles. The lowest BCUT2D eigenvalue weighted by Gasteiger charge is -2.38.